The Kier molecular flexibility index (Phi) is 4.44. The summed E-state index contributed by atoms with van der Waals surface area (Å²) in [4.78, 5) is 15.4. The Morgan fingerprint density at radius 2 is 2.00 bits per heavy atom. The molecule has 0 bridgehead atoms. The first-order valence-electron chi connectivity index (χ1n) is 6.22. The fourth-order valence-corrected chi connectivity index (χ4v) is 2.00. The Morgan fingerprint density at radius 3 is 2.63 bits per heavy atom. The van der Waals surface area contributed by atoms with Crippen molar-refractivity contribution < 1.29 is 13.6 Å². The number of benzene rings is 1. The fraction of sp³-hybridized carbons (Fsp3) is 0.462. The maximum absolute atomic E-state index is 13.1. The van der Waals surface area contributed by atoms with Crippen molar-refractivity contribution in [2.45, 2.75) is 0 Å². The minimum Gasteiger partial charge on any atom is -0.314 e. The Hall–Kier alpha value is -1.53. The van der Waals surface area contributed by atoms with E-state index in [1.807, 2.05) is 4.90 Å². The van der Waals surface area contributed by atoms with E-state index in [1.165, 1.54) is 11.0 Å². The highest BCUT2D eigenvalue weighted by molar-refractivity contribution is 5.94. The van der Waals surface area contributed by atoms with E-state index in [0.29, 0.717) is 5.69 Å². The van der Waals surface area contributed by atoms with Crippen LogP contribution >= 0.6 is 0 Å². The van der Waals surface area contributed by atoms with Gasteiger partial charge in [-0.1, -0.05) is 0 Å². The van der Waals surface area contributed by atoms with Crippen LogP contribution in [0.15, 0.2) is 18.2 Å². The number of hydrogen-bond donors (Lipinski definition) is 1. The van der Waals surface area contributed by atoms with E-state index in [1.54, 1.807) is 7.05 Å². The molecular weight excluding hydrogens is 252 g/mol. The zero-order chi connectivity index (χ0) is 13.8. The molecule has 104 valence electrons. The zero-order valence-electron chi connectivity index (χ0n) is 10.8. The second kappa shape index (κ2) is 6.08. The summed E-state index contributed by atoms with van der Waals surface area (Å²) in [6, 6.07) is 3.46. The first kappa shape index (κ1) is 13.9. The monoisotopic (exact) mass is 269 g/mol. The predicted octanol–water partition coefficient (Wildman–Crippen LogP) is 0.833. The van der Waals surface area contributed by atoms with Gasteiger partial charge in [0.05, 0.1) is 6.54 Å². The van der Waals surface area contributed by atoms with Crippen LogP contribution in [0.1, 0.15) is 0 Å². The van der Waals surface area contributed by atoms with Gasteiger partial charge in [0.1, 0.15) is 0 Å². The number of halogens is 2. The second-order valence-corrected chi connectivity index (χ2v) is 4.58. The number of carbonyl (C=O) groups excluding carboxylic acids is 1. The average Bonchev–Trinajstić information content (AvgIpc) is 2.42. The highest BCUT2D eigenvalue weighted by Crippen LogP contribution is 2.17. The molecule has 0 saturated carbocycles. The summed E-state index contributed by atoms with van der Waals surface area (Å²) in [5.41, 5.74) is 0.360. The summed E-state index contributed by atoms with van der Waals surface area (Å²) in [7, 11) is 1.57. The Bertz CT molecular complexity index is 461. The standard InChI is InChI=1S/C13H17F2N3O/c1-17(10-2-3-11(14)12(15)8-10)13(19)9-18-6-4-16-5-7-18/h2-3,8,16H,4-7,9H2,1H3. The number of carbonyl (C=O) groups is 1. The molecule has 1 amide bonds. The van der Waals surface area contributed by atoms with E-state index in [-0.39, 0.29) is 12.5 Å². The van der Waals surface area contributed by atoms with E-state index in [9.17, 15) is 13.6 Å². The molecule has 0 spiro atoms. The van der Waals surface area contributed by atoms with Crippen LogP contribution in [0.25, 0.3) is 0 Å². The van der Waals surface area contributed by atoms with Gasteiger partial charge < -0.3 is 10.2 Å². The molecule has 1 aliphatic heterocycles. The molecular formula is C13H17F2N3O. The van der Waals surface area contributed by atoms with Crippen molar-refractivity contribution in [2.24, 2.45) is 0 Å². The van der Waals surface area contributed by atoms with Crippen LogP contribution in [0.4, 0.5) is 14.5 Å². The summed E-state index contributed by atoms with van der Waals surface area (Å²) >= 11 is 0. The smallest absolute Gasteiger partial charge is 0.240 e. The lowest BCUT2D eigenvalue weighted by Gasteiger charge is -2.28. The van der Waals surface area contributed by atoms with Crippen LogP contribution in [0.5, 0.6) is 0 Å². The third-order valence-corrected chi connectivity index (χ3v) is 3.23. The number of hydrogen-bond acceptors (Lipinski definition) is 3. The largest absolute Gasteiger partial charge is 0.314 e. The van der Waals surface area contributed by atoms with Crippen molar-refractivity contribution in [2.75, 3.05) is 44.7 Å². The molecule has 0 unspecified atom stereocenters. The molecule has 1 aromatic carbocycles. The maximum atomic E-state index is 13.1. The van der Waals surface area contributed by atoms with Gasteiger partial charge in [-0.3, -0.25) is 9.69 Å². The Labute approximate surface area is 111 Å². The van der Waals surface area contributed by atoms with Gasteiger partial charge in [-0.2, -0.15) is 0 Å². The van der Waals surface area contributed by atoms with Crippen LogP contribution in [0.2, 0.25) is 0 Å². The summed E-state index contributed by atoms with van der Waals surface area (Å²) in [6.07, 6.45) is 0. The van der Waals surface area contributed by atoms with Crippen LogP contribution in [-0.4, -0.2) is 50.6 Å². The van der Waals surface area contributed by atoms with Crippen LogP contribution in [0, 0.1) is 11.6 Å². The molecule has 19 heavy (non-hydrogen) atoms. The topological polar surface area (TPSA) is 35.6 Å². The molecule has 0 atom stereocenters. The minimum absolute atomic E-state index is 0.132. The molecule has 2 rings (SSSR count). The number of nitrogens with one attached hydrogen (secondary N) is 1. The predicted molar refractivity (Wildman–Crippen MR) is 69.1 cm³/mol. The number of amides is 1. The number of rotatable bonds is 3. The molecule has 6 heteroatoms. The third kappa shape index (κ3) is 3.48. The van der Waals surface area contributed by atoms with E-state index in [0.717, 1.165) is 38.3 Å². The van der Waals surface area contributed by atoms with Crippen molar-refractivity contribution in [1.29, 1.82) is 0 Å². The molecule has 1 N–H and O–H groups in total. The van der Waals surface area contributed by atoms with Crippen molar-refractivity contribution in [3.63, 3.8) is 0 Å². The van der Waals surface area contributed by atoms with Crippen LogP contribution in [-0.2, 0) is 4.79 Å². The molecule has 0 aliphatic carbocycles. The van der Waals surface area contributed by atoms with Crippen LogP contribution < -0.4 is 10.2 Å². The normalized spacial score (nSPS) is 16.4. The fourth-order valence-electron chi connectivity index (χ4n) is 2.00. The van der Waals surface area contributed by atoms with Crippen molar-refractivity contribution >= 4 is 11.6 Å². The average molecular weight is 269 g/mol. The second-order valence-electron chi connectivity index (χ2n) is 4.58. The summed E-state index contributed by atoms with van der Waals surface area (Å²) in [6.45, 7) is 3.65. The van der Waals surface area contributed by atoms with E-state index in [4.69, 9.17) is 0 Å². The molecule has 1 aromatic rings. The van der Waals surface area contributed by atoms with E-state index in [2.05, 4.69) is 5.32 Å². The summed E-state index contributed by atoms with van der Waals surface area (Å²) < 4.78 is 26.0. The van der Waals surface area contributed by atoms with Crippen molar-refractivity contribution in [1.82, 2.24) is 10.2 Å². The van der Waals surface area contributed by atoms with Gasteiger partial charge in [-0.05, 0) is 12.1 Å². The lowest BCUT2D eigenvalue weighted by atomic mass is 10.2. The first-order chi connectivity index (χ1) is 9.08. The Morgan fingerprint density at radius 1 is 1.32 bits per heavy atom. The van der Waals surface area contributed by atoms with Gasteiger partial charge >= 0.3 is 0 Å². The van der Waals surface area contributed by atoms with Gasteiger partial charge in [0.2, 0.25) is 5.91 Å². The zero-order valence-corrected chi connectivity index (χ0v) is 10.8. The van der Waals surface area contributed by atoms with Gasteiger partial charge in [0, 0.05) is 45.0 Å². The molecule has 1 aliphatic rings. The molecule has 1 saturated heterocycles. The van der Waals surface area contributed by atoms with Crippen molar-refractivity contribution in [3.8, 4) is 0 Å². The van der Waals surface area contributed by atoms with Gasteiger partial charge in [-0.25, -0.2) is 8.78 Å². The van der Waals surface area contributed by atoms with E-state index < -0.39 is 11.6 Å². The SMILES string of the molecule is CN(C(=O)CN1CCNCC1)c1ccc(F)c(F)c1. The molecule has 1 heterocycles. The maximum Gasteiger partial charge on any atom is 0.240 e. The van der Waals surface area contributed by atoms with Crippen LogP contribution in [0.3, 0.4) is 0 Å². The van der Waals surface area contributed by atoms with Gasteiger partial charge in [0.25, 0.3) is 0 Å². The summed E-state index contributed by atoms with van der Waals surface area (Å²) in [5, 5.41) is 3.20. The molecule has 0 radical (unpaired) electrons. The lowest BCUT2D eigenvalue weighted by Crippen LogP contribution is -2.47. The van der Waals surface area contributed by atoms with Crippen molar-refractivity contribution in [3.05, 3.63) is 29.8 Å². The Balaban J connectivity index is 1.99. The number of anilines is 1. The minimum atomic E-state index is -0.945. The molecule has 4 nitrogen and oxygen atoms in total. The molecule has 0 aromatic heterocycles. The van der Waals surface area contributed by atoms with Gasteiger partial charge in [-0.15, -0.1) is 0 Å². The van der Waals surface area contributed by atoms with E-state index >= 15 is 0 Å². The number of piperazine rings is 1. The third-order valence-electron chi connectivity index (χ3n) is 3.23. The number of nitrogens with zero attached hydrogens (tertiary/aromatic N) is 2. The molecule has 1 fully saturated rings. The van der Waals surface area contributed by atoms with Gasteiger partial charge in [0.15, 0.2) is 11.6 Å². The first-order valence-corrected chi connectivity index (χ1v) is 6.22. The highest BCUT2D eigenvalue weighted by atomic mass is 19.2. The lowest BCUT2D eigenvalue weighted by molar-refractivity contribution is -0.119. The summed E-state index contributed by atoms with van der Waals surface area (Å²) in [5.74, 6) is -1.99. The highest BCUT2D eigenvalue weighted by Gasteiger charge is 2.18. The quantitative estimate of drug-likeness (QED) is 0.883. The number of likely N-dealkylation sites (N-methyl/N-ethyl adjacent to an activating group) is 1.